The van der Waals surface area contributed by atoms with Crippen molar-refractivity contribution in [2.45, 2.75) is 58.2 Å². The molecule has 4 nitrogen and oxygen atoms in total. The van der Waals surface area contributed by atoms with Crippen LogP contribution in [0.1, 0.15) is 40.5 Å². The Morgan fingerprint density at radius 1 is 1.56 bits per heavy atom. The van der Waals surface area contributed by atoms with Crippen LogP contribution in [0.5, 0.6) is 0 Å². The van der Waals surface area contributed by atoms with E-state index >= 15 is 0 Å². The van der Waals surface area contributed by atoms with Crippen LogP contribution in [0.25, 0.3) is 0 Å². The molecule has 102 valence electrons. The Balaban J connectivity index is 2.27. The minimum absolute atomic E-state index is 0.231. The SMILES string of the molecule is C#CCC(CC)NC1CN(C(=O)OC(C)(C)C)C1. The van der Waals surface area contributed by atoms with Gasteiger partial charge < -0.3 is 15.0 Å². The first-order valence-electron chi connectivity index (χ1n) is 6.53. The number of hydrogen-bond donors (Lipinski definition) is 1. The standard InChI is InChI=1S/C14H24N2O2/c1-6-8-11(7-2)15-12-9-16(10-12)13(17)18-14(3,4)5/h1,11-12,15H,7-10H2,2-5H3. The summed E-state index contributed by atoms with van der Waals surface area (Å²) in [5, 5.41) is 3.46. The smallest absolute Gasteiger partial charge is 0.410 e. The lowest BCUT2D eigenvalue weighted by atomic mass is 10.1. The highest BCUT2D eigenvalue weighted by molar-refractivity contribution is 5.69. The van der Waals surface area contributed by atoms with Crippen LogP contribution < -0.4 is 5.32 Å². The van der Waals surface area contributed by atoms with Gasteiger partial charge >= 0.3 is 6.09 Å². The summed E-state index contributed by atoms with van der Waals surface area (Å²) in [6, 6.07) is 0.691. The van der Waals surface area contributed by atoms with Crippen molar-refractivity contribution in [1.82, 2.24) is 10.2 Å². The summed E-state index contributed by atoms with van der Waals surface area (Å²) < 4.78 is 5.30. The lowest BCUT2D eigenvalue weighted by Gasteiger charge is -2.41. The lowest BCUT2D eigenvalue weighted by molar-refractivity contribution is 0.00416. The molecule has 1 aliphatic heterocycles. The van der Waals surface area contributed by atoms with E-state index in [-0.39, 0.29) is 6.09 Å². The summed E-state index contributed by atoms with van der Waals surface area (Å²) in [4.78, 5) is 13.4. The van der Waals surface area contributed by atoms with E-state index in [9.17, 15) is 4.79 Å². The van der Waals surface area contributed by atoms with Crippen LogP contribution in [-0.4, -0.2) is 41.8 Å². The fourth-order valence-corrected chi connectivity index (χ4v) is 1.86. The maximum atomic E-state index is 11.7. The van der Waals surface area contributed by atoms with Gasteiger partial charge in [0.1, 0.15) is 5.60 Å². The highest BCUT2D eigenvalue weighted by atomic mass is 16.6. The largest absolute Gasteiger partial charge is 0.444 e. The van der Waals surface area contributed by atoms with E-state index in [2.05, 4.69) is 18.2 Å². The molecule has 1 unspecified atom stereocenters. The quantitative estimate of drug-likeness (QED) is 0.778. The molecule has 4 heteroatoms. The molecule has 0 radical (unpaired) electrons. The minimum Gasteiger partial charge on any atom is -0.444 e. The second-order valence-electron chi connectivity index (χ2n) is 5.76. The van der Waals surface area contributed by atoms with E-state index in [4.69, 9.17) is 11.2 Å². The van der Waals surface area contributed by atoms with Crippen molar-refractivity contribution in [2.75, 3.05) is 13.1 Å². The van der Waals surface area contributed by atoms with Gasteiger partial charge in [-0.1, -0.05) is 6.92 Å². The van der Waals surface area contributed by atoms with Crippen molar-refractivity contribution in [1.29, 1.82) is 0 Å². The number of nitrogens with one attached hydrogen (secondary N) is 1. The molecule has 18 heavy (non-hydrogen) atoms. The molecule has 1 fully saturated rings. The third kappa shape index (κ3) is 4.58. The molecule has 1 atom stereocenters. The van der Waals surface area contributed by atoms with Gasteiger partial charge in [0.25, 0.3) is 0 Å². The predicted octanol–water partition coefficient (Wildman–Crippen LogP) is 2.00. The first kappa shape index (κ1) is 14.8. The Morgan fingerprint density at radius 3 is 2.61 bits per heavy atom. The second-order valence-corrected chi connectivity index (χ2v) is 5.76. The molecule has 0 aromatic heterocycles. The zero-order valence-electron chi connectivity index (χ0n) is 11.8. The van der Waals surface area contributed by atoms with Gasteiger partial charge in [0, 0.05) is 31.6 Å². The molecule has 0 aromatic rings. The van der Waals surface area contributed by atoms with Crippen molar-refractivity contribution in [3.05, 3.63) is 0 Å². The number of carbonyl (C=O) groups is 1. The van der Waals surface area contributed by atoms with Crippen molar-refractivity contribution < 1.29 is 9.53 Å². The van der Waals surface area contributed by atoms with Gasteiger partial charge in [-0.15, -0.1) is 12.3 Å². The first-order valence-corrected chi connectivity index (χ1v) is 6.53. The summed E-state index contributed by atoms with van der Waals surface area (Å²) in [7, 11) is 0. The molecule has 1 heterocycles. The van der Waals surface area contributed by atoms with Crippen molar-refractivity contribution >= 4 is 6.09 Å². The Kier molecular flexibility index (Phi) is 5.03. The maximum absolute atomic E-state index is 11.7. The summed E-state index contributed by atoms with van der Waals surface area (Å²) in [6.07, 6.45) is 6.82. The van der Waals surface area contributed by atoms with Crippen LogP contribution in [0.3, 0.4) is 0 Å². The van der Waals surface area contributed by atoms with E-state index in [0.29, 0.717) is 25.2 Å². The van der Waals surface area contributed by atoms with Gasteiger partial charge in [-0.2, -0.15) is 0 Å². The van der Waals surface area contributed by atoms with Crippen LogP contribution in [0.15, 0.2) is 0 Å². The molecule has 1 amide bonds. The Hall–Kier alpha value is -1.21. The summed E-state index contributed by atoms with van der Waals surface area (Å²) in [5.74, 6) is 2.67. The minimum atomic E-state index is -0.426. The Labute approximate surface area is 110 Å². The molecule has 1 saturated heterocycles. The van der Waals surface area contributed by atoms with E-state index in [1.54, 1.807) is 4.90 Å². The second kappa shape index (κ2) is 6.10. The van der Waals surface area contributed by atoms with Crippen molar-refractivity contribution in [3.8, 4) is 12.3 Å². The summed E-state index contributed by atoms with van der Waals surface area (Å²) in [5.41, 5.74) is -0.426. The van der Waals surface area contributed by atoms with Crippen LogP contribution in [0.4, 0.5) is 4.79 Å². The van der Waals surface area contributed by atoms with Gasteiger partial charge in [0.2, 0.25) is 0 Å². The summed E-state index contributed by atoms with van der Waals surface area (Å²) in [6.45, 7) is 9.15. The van der Waals surface area contributed by atoms with Gasteiger partial charge in [-0.05, 0) is 27.2 Å². The van der Waals surface area contributed by atoms with E-state index in [0.717, 1.165) is 12.8 Å². The molecule has 1 N–H and O–H groups in total. The Morgan fingerprint density at radius 2 is 2.17 bits per heavy atom. The molecular formula is C14H24N2O2. The van der Waals surface area contributed by atoms with Gasteiger partial charge in [-0.3, -0.25) is 0 Å². The third-order valence-corrected chi connectivity index (χ3v) is 2.86. The third-order valence-electron chi connectivity index (χ3n) is 2.86. The van der Waals surface area contributed by atoms with Crippen LogP contribution in [0.2, 0.25) is 0 Å². The van der Waals surface area contributed by atoms with Crippen molar-refractivity contribution in [3.63, 3.8) is 0 Å². The van der Waals surface area contributed by atoms with E-state index < -0.39 is 5.60 Å². The lowest BCUT2D eigenvalue weighted by Crippen LogP contribution is -2.62. The van der Waals surface area contributed by atoms with Crippen LogP contribution in [0, 0.1) is 12.3 Å². The highest BCUT2D eigenvalue weighted by Crippen LogP contribution is 2.16. The molecule has 0 bridgehead atoms. The van der Waals surface area contributed by atoms with E-state index in [1.807, 2.05) is 20.8 Å². The number of nitrogens with zero attached hydrogens (tertiary/aromatic N) is 1. The average Bonchev–Trinajstić information content (AvgIpc) is 2.18. The topological polar surface area (TPSA) is 41.6 Å². The molecule has 0 aromatic carbocycles. The van der Waals surface area contributed by atoms with Gasteiger partial charge in [0.05, 0.1) is 0 Å². The number of rotatable bonds is 4. The number of ether oxygens (including phenoxy) is 1. The van der Waals surface area contributed by atoms with Crippen LogP contribution >= 0.6 is 0 Å². The number of likely N-dealkylation sites (tertiary alicyclic amines) is 1. The molecule has 0 saturated carbocycles. The molecule has 0 aliphatic carbocycles. The average molecular weight is 252 g/mol. The van der Waals surface area contributed by atoms with Crippen LogP contribution in [-0.2, 0) is 4.74 Å². The Bertz CT molecular complexity index is 322. The number of terminal acetylenes is 1. The first-order chi connectivity index (χ1) is 8.35. The van der Waals surface area contributed by atoms with Gasteiger partial charge in [-0.25, -0.2) is 4.79 Å². The zero-order valence-corrected chi connectivity index (χ0v) is 11.8. The monoisotopic (exact) mass is 252 g/mol. The van der Waals surface area contributed by atoms with Gasteiger partial charge in [0.15, 0.2) is 0 Å². The molecule has 1 rings (SSSR count). The van der Waals surface area contributed by atoms with E-state index in [1.165, 1.54) is 0 Å². The summed E-state index contributed by atoms with van der Waals surface area (Å²) >= 11 is 0. The maximum Gasteiger partial charge on any atom is 0.410 e. The predicted molar refractivity (Wildman–Crippen MR) is 72.3 cm³/mol. The fraction of sp³-hybridized carbons (Fsp3) is 0.786. The molecular weight excluding hydrogens is 228 g/mol. The number of hydrogen-bond acceptors (Lipinski definition) is 3. The number of amides is 1. The fourth-order valence-electron chi connectivity index (χ4n) is 1.86. The molecule has 1 aliphatic rings. The zero-order chi connectivity index (χ0) is 13.8. The number of carbonyl (C=O) groups excluding carboxylic acids is 1. The molecule has 0 spiro atoms. The highest BCUT2D eigenvalue weighted by Gasteiger charge is 2.34. The normalized spacial score (nSPS) is 17.8. The van der Waals surface area contributed by atoms with Crippen molar-refractivity contribution in [2.24, 2.45) is 0 Å².